The van der Waals surface area contributed by atoms with E-state index in [4.69, 9.17) is 11.6 Å². The van der Waals surface area contributed by atoms with E-state index in [0.29, 0.717) is 5.02 Å². The van der Waals surface area contributed by atoms with Gasteiger partial charge in [-0.1, -0.05) is 17.7 Å². The van der Waals surface area contributed by atoms with Crippen molar-refractivity contribution in [3.63, 3.8) is 0 Å². The van der Waals surface area contributed by atoms with Crippen molar-refractivity contribution in [3.05, 3.63) is 29.6 Å². The van der Waals surface area contributed by atoms with Crippen LogP contribution in [0.15, 0.2) is 18.9 Å². The van der Waals surface area contributed by atoms with E-state index in [1.165, 1.54) is 0 Å². The molecule has 1 unspecified atom stereocenters. The third kappa shape index (κ3) is 2.11. The lowest BCUT2D eigenvalue weighted by atomic mass is 10.1. The van der Waals surface area contributed by atoms with Gasteiger partial charge in [-0.05, 0) is 13.5 Å². The summed E-state index contributed by atoms with van der Waals surface area (Å²) in [6.07, 6.45) is 4.37. The summed E-state index contributed by atoms with van der Waals surface area (Å²) in [6, 6.07) is 0.192. The molecule has 0 amide bonds. The van der Waals surface area contributed by atoms with Crippen molar-refractivity contribution in [3.8, 4) is 0 Å². The molecule has 0 aliphatic heterocycles. The third-order valence-electron chi connectivity index (χ3n) is 2.02. The zero-order valence-electron chi connectivity index (χ0n) is 7.92. The van der Waals surface area contributed by atoms with E-state index in [-0.39, 0.29) is 6.04 Å². The Labute approximate surface area is 83.4 Å². The summed E-state index contributed by atoms with van der Waals surface area (Å²) >= 11 is 6.00. The molecule has 1 aromatic rings. The second-order valence-electron chi connectivity index (χ2n) is 2.87. The third-order valence-corrected chi connectivity index (χ3v) is 2.31. The first kappa shape index (κ1) is 10.3. The Kier molecular flexibility index (Phi) is 3.51. The van der Waals surface area contributed by atoms with Crippen LogP contribution in [-0.2, 0) is 7.05 Å². The van der Waals surface area contributed by atoms with Crippen LogP contribution in [0.2, 0.25) is 5.02 Å². The highest BCUT2D eigenvalue weighted by atomic mass is 35.5. The van der Waals surface area contributed by atoms with Crippen molar-refractivity contribution in [2.45, 2.75) is 12.5 Å². The van der Waals surface area contributed by atoms with Gasteiger partial charge in [0.05, 0.1) is 23.0 Å². The topological polar surface area (TPSA) is 29.9 Å². The number of aromatic nitrogens is 2. The lowest BCUT2D eigenvalue weighted by Gasteiger charge is -2.14. The maximum atomic E-state index is 6.00. The highest BCUT2D eigenvalue weighted by Gasteiger charge is 2.15. The van der Waals surface area contributed by atoms with Gasteiger partial charge >= 0.3 is 0 Å². The second-order valence-corrected chi connectivity index (χ2v) is 3.27. The van der Waals surface area contributed by atoms with Gasteiger partial charge in [0.1, 0.15) is 0 Å². The summed E-state index contributed by atoms with van der Waals surface area (Å²) < 4.78 is 1.78. The summed E-state index contributed by atoms with van der Waals surface area (Å²) in [6.45, 7) is 3.70. The van der Waals surface area contributed by atoms with Crippen LogP contribution in [0.25, 0.3) is 0 Å². The van der Waals surface area contributed by atoms with E-state index >= 15 is 0 Å². The molecule has 0 bridgehead atoms. The van der Waals surface area contributed by atoms with E-state index in [2.05, 4.69) is 17.0 Å². The summed E-state index contributed by atoms with van der Waals surface area (Å²) in [7, 11) is 3.78. The standard InChI is InChI=1S/C9H14ClN3/c1-4-5-8(11-2)9-7(10)6-12-13(9)3/h4,6,8,11H,1,5H2,2-3H3. The molecule has 72 valence electrons. The molecular weight excluding hydrogens is 186 g/mol. The first-order valence-electron chi connectivity index (χ1n) is 4.16. The Hall–Kier alpha value is -0.800. The molecule has 0 saturated carbocycles. The van der Waals surface area contributed by atoms with Crippen LogP contribution >= 0.6 is 11.6 Å². The first-order chi connectivity index (χ1) is 6.20. The molecule has 13 heavy (non-hydrogen) atoms. The molecule has 0 aliphatic carbocycles. The van der Waals surface area contributed by atoms with Gasteiger partial charge in [-0.15, -0.1) is 6.58 Å². The van der Waals surface area contributed by atoms with E-state index in [9.17, 15) is 0 Å². The van der Waals surface area contributed by atoms with Gasteiger partial charge in [-0.25, -0.2) is 0 Å². The highest BCUT2D eigenvalue weighted by molar-refractivity contribution is 6.31. The van der Waals surface area contributed by atoms with Gasteiger partial charge in [0.2, 0.25) is 0 Å². The van der Waals surface area contributed by atoms with Crippen LogP contribution in [0.3, 0.4) is 0 Å². The molecular formula is C9H14ClN3. The predicted molar refractivity (Wildman–Crippen MR) is 54.8 cm³/mol. The largest absolute Gasteiger partial charge is 0.311 e. The number of nitrogens with one attached hydrogen (secondary N) is 1. The summed E-state index contributed by atoms with van der Waals surface area (Å²) in [5.74, 6) is 0. The Balaban J connectivity index is 2.95. The number of hydrogen-bond donors (Lipinski definition) is 1. The number of halogens is 1. The number of rotatable bonds is 4. The fourth-order valence-electron chi connectivity index (χ4n) is 1.35. The van der Waals surface area contributed by atoms with Gasteiger partial charge in [0, 0.05) is 7.05 Å². The van der Waals surface area contributed by atoms with Crippen molar-refractivity contribution in [1.29, 1.82) is 0 Å². The molecule has 1 atom stereocenters. The summed E-state index contributed by atoms with van der Waals surface area (Å²) in [5.41, 5.74) is 1.00. The summed E-state index contributed by atoms with van der Waals surface area (Å²) in [5, 5.41) is 7.95. The molecule has 0 saturated heterocycles. The summed E-state index contributed by atoms with van der Waals surface area (Å²) in [4.78, 5) is 0. The lowest BCUT2D eigenvalue weighted by Crippen LogP contribution is -2.19. The van der Waals surface area contributed by atoms with Crippen LogP contribution in [0.4, 0.5) is 0 Å². The minimum Gasteiger partial charge on any atom is -0.311 e. The van der Waals surface area contributed by atoms with Gasteiger partial charge in [-0.3, -0.25) is 4.68 Å². The lowest BCUT2D eigenvalue weighted by molar-refractivity contribution is 0.546. The molecule has 1 rings (SSSR count). The van der Waals surface area contributed by atoms with Crippen LogP contribution in [0, 0.1) is 0 Å². The molecule has 0 spiro atoms. The Morgan fingerprint density at radius 2 is 2.54 bits per heavy atom. The molecule has 0 aliphatic rings. The van der Waals surface area contributed by atoms with E-state index in [1.54, 1.807) is 10.9 Å². The smallest absolute Gasteiger partial charge is 0.0834 e. The molecule has 3 nitrogen and oxygen atoms in total. The Morgan fingerprint density at radius 1 is 1.85 bits per heavy atom. The van der Waals surface area contributed by atoms with Gasteiger partial charge in [0.15, 0.2) is 0 Å². The SMILES string of the molecule is C=CCC(NC)c1c(Cl)cnn1C. The van der Waals surface area contributed by atoms with Crippen molar-refractivity contribution in [2.75, 3.05) is 7.05 Å². The zero-order valence-corrected chi connectivity index (χ0v) is 8.67. The molecule has 1 heterocycles. The fourth-order valence-corrected chi connectivity index (χ4v) is 1.64. The average molecular weight is 200 g/mol. The van der Waals surface area contributed by atoms with Gasteiger partial charge in [0.25, 0.3) is 0 Å². The van der Waals surface area contributed by atoms with Crippen molar-refractivity contribution >= 4 is 11.6 Å². The molecule has 1 N–H and O–H groups in total. The van der Waals surface area contributed by atoms with Crippen LogP contribution in [-0.4, -0.2) is 16.8 Å². The van der Waals surface area contributed by atoms with Gasteiger partial charge in [-0.2, -0.15) is 5.10 Å². The van der Waals surface area contributed by atoms with E-state index in [1.807, 2.05) is 20.2 Å². The minimum atomic E-state index is 0.192. The first-order valence-corrected chi connectivity index (χ1v) is 4.54. The Bertz CT molecular complexity index is 274. The predicted octanol–water partition coefficient (Wildman–Crippen LogP) is 1.91. The molecule has 0 fully saturated rings. The molecule has 1 aromatic heterocycles. The zero-order chi connectivity index (χ0) is 9.84. The van der Waals surface area contributed by atoms with Crippen LogP contribution in [0.1, 0.15) is 18.2 Å². The van der Waals surface area contributed by atoms with E-state index in [0.717, 1.165) is 12.1 Å². The molecule has 4 heteroatoms. The minimum absolute atomic E-state index is 0.192. The Morgan fingerprint density at radius 3 is 2.92 bits per heavy atom. The monoisotopic (exact) mass is 199 g/mol. The number of nitrogens with zero attached hydrogens (tertiary/aromatic N) is 2. The molecule has 0 aromatic carbocycles. The van der Waals surface area contributed by atoms with Crippen molar-refractivity contribution in [1.82, 2.24) is 15.1 Å². The van der Waals surface area contributed by atoms with Crippen LogP contribution in [0.5, 0.6) is 0 Å². The van der Waals surface area contributed by atoms with Crippen molar-refractivity contribution < 1.29 is 0 Å². The molecule has 0 radical (unpaired) electrons. The van der Waals surface area contributed by atoms with Crippen LogP contribution < -0.4 is 5.32 Å². The van der Waals surface area contributed by atoms with Crippen molar-refractivity contribution in [2.24, 2.45) is 7.05 Å². The van der Waals surface area contributed by atoms with Gasteiger partial charge < -0.3 is 5.32 Å². The second kappa shape index (κ2) is 4.44. The average Bonchev–Trinajstić information content (AvgIpc) is 2.43. The highest BCUT2D eigenvalue weighted by Crippen LogP contribution is 2.24. The number of aryl methyl sites for hydroxylation is 1. The van der Waals surface area contributed by atoms with E-state index < -0.39 is 0 Å². The normalized spacial score (nSPS) is 12.8. The quantitative estimate of drug-likeness (QED) is 0.751. The maximum absolute atomic E-state index is 6.00. The fraction of sp³-hybridized carbons (Fsp3) is 0.444. The maximum Gasteiger partial charge on any atom is 0.0834 e. The number of hydrogen-bond acceptors (Lipinski definition) is 2.